The van der Waals surface area contributed by atoms with E-state index in [0.717, 1.165) is 23.5 Å². The zero-order valence-corrected chi connectivity index (χ0v) is 13.8. The molecule has 0 aliphatic heterocycles. The molecule has 23 heavy (non-hydrogen) atoms. The summed E-state index contributed by atoms with van der Waals surface area (Å²) in [7, 11) is 0. The number of rotatable bonds is 6. The van der Waals surface area contributed by atoms with Gasteiger partial charge in [-0.3, -0.25) is 20.4 Å². The third kappa shape index (κ3) is 4.49. The highest BCUT2D eigenvalue weighted by Crippen LogP contribution is 2.17. The Morgan fingerprint density at radius 3 is 2.70 bits per heavy atom. The highest BCUT2D eigenvalue weighted by Gasteiger charge is 2.15. The fourth-order valence-electron chi connectivity index (χ4n) is 1.91. The lowest BCUT2D eigenvalue weighted by atomic mass is 10.1. The van der Waals surface area contributed by atoms with Crippen molar-refractivity contribution in [3.05, 3.63) is 40.4 Å². The normalized spacial score (nSPS) is 10.2. The van der Waals surface area contributed by atoms with E-state index in [4.69, 9.17) is 4.74 Å². The third-order valence-corrected chi connectivity index (χ3v) is 3.89. The number of amides is 2. The van der Waals surface area contributed by atoms with Gasteiger partial charge in [0.1, 0.15) is 10.6 Å². The van der Waals surface area contributed by atoms with Crippen LogP contribution in [0.25, 0.3) is 0 Å². The smallest absolute Gasteiger partial charge is 0.283 e. The zero-order valence-electron chi connectivity index (χ0n) is 13.0. The van der Waals surface area contributed by atoms with E-state index in [9.17, 15) is 9.59 Å². The summed E-state index contributed by atoms with van der Waals surface area (Å²) in [5, 5.41) is 3.85. The molecule has 2 rings (SSSR count). The Labute approximate surface area is 138 Å². The van der Waals surface area contributed by atoms with E-state index in [-0.39, 0.29) is 6.61 Å². The van der Waals surface area contributed by atoms with Crippen LogP contribution in [-0.4, -0.2) is 28.0 Å². The maximum atomic E-state index is 11.9. The first-order valence-electron chi connectivity index (χ1n) is 7.26. The number of nitrogens with one attached hydrogen (secondary N) is 2. The molecule has 0 saturated carbocycles. The third-order valence-electron chi connectivity index (χ3n) is 3.12. The summed E-state index contributed by atoms with van der Waals surface area (Å²) in [5.41, 5.74) is 6.28. The standard InChI is InChI=1S/C15H18N4O3S/c1-3-10-7-5-6-8-12(10)22-9-13(20)17-18-15(21)14-11(4-2)16-19-23-14/h5-8H,3-4,9H2,1-2H3,(H,17,20)(H,18,21). The van der Waals surface area contributed by atoms with Crippen molar-refractivity contribution in [3.63, 3.8) is 0 Å². The number of benzene rings is 1. The molecule has 0 unspecified atom stereocenters. The quantitative estimate of drug-likeness (QED) is 0.781. The Hall–Kier alpha value is -2.48. The second kappa shape index (κ2) is 8.23. The number of hydrazine groups is 1. The van der Waals surface area contributed by atoms with Crippen LogP contribution in [0.1, 0.15) is 34.8 Å². The Morgan fingerprint density at radius 2 is 1.96 bits per heavy atom. The number of carbonyl (C=O) groups is 2. The number of para-hydroxylation sites is 1. The van der Waals surface area contributed by atoms with E-state index >= 15 is 0 Å². The largest absolute Gasteiger partial charge is 0.483 e. The van der Waals surface area contributed by atoms with Crippen molar-refractivity contribution in [3.8, 4) is 5.75 Å². The average Bonchev–Trinajstić information content (AvgIpc) is 3.06. The first-order chi connectivity index (χ1) is 11.2. The molecule has 0 saturated heterocycles. The van der Waals surface area contributed by atoms with Gasteiger partial charge in [-0.2, -0.15) is 0 Å². The highest BCUT2D eigenvalue weighted by molar-refractivity contribution is 7.08. The molecule has 0 atom stereocenters. The fraction of sp³-hybridized carbons (Fsp3) is 0.333. The lowest BCUT2D eigenvalue weighted by molar-refractivity contribution is -0.123. The second-order valence-corrected chi connectivity index (χ2v) is 5.41. The monoisotopic (exact) mass is 334 g/mol. The molecule has 0 aliphatic carbocycles. The van der Waals surface area contributed by atoms with Gasteiger partial charge in [0, 0.05) is 0 Å². The van der Waals surface area contributed by atoms with Crippen LogP contribution in [-0.2, 0) is 17.6 Å². The molecule has 8 heteroatoms. The van der Waals surface area contributed by atoms with Crippen molar-refractivity contribution < 1.29 is 14.3 Å². The van der Waals surface area contributed by atoms with Crippen LogP contribution < -0.4 is 15.6 Å². The Balaban J connectivity index is 1.82. The van der Waals surface area contributed by atoms with Gasteiger partial charge in [0.25, 0.3) is 11.8 Å². The number of hydrogen-bond acceptors (Lipinski definition) is 6. The van der Waals surface area contributed by atoms with Gasteiger partial charge < -0.3 is 4.74 Å². The molecule has 2 N–H and O–H groups in total. The number of nitrogens with zero attached hydrogens (tertiary/aromatic N) is 2. The average molecular weight is 334 g/mol. The Morgan fingerprint density at radius 1 is 1.17 bits per heavy atom. The molecule has 1 heterocycles. The molecule has 0 radical (unpaired) electrons. The molecule has 122 valence electrons. The summed E-state index contributed by atoms with van der Waals surface area (Å²) in [4.78, 5) is 24.1. The van der Waals surface area contributed by atoms with Crippen molar-refractivity contribution in [1.82, 2.24) is 20.4 Å². The van der Waals surface area contributed by atoms with Crippen molar-refractivity contribution in [2.75, 3.05) is 6.61 Å². The first kappa shape index (κ1) is 16.9. The van der Waals surface area contributed by atoms with Crippen LogP contribution in [0.15, 0.2) is 24.3 Å². The van der Waals surface area contributed by atoms with Crippen LogP contribution in [0.5, 0.6) is 5.75 Å². The minimum atomic E-state index is -0.445. The molecule has 7 nitrogen and oxygen atoms in total. The van der Waals surface area contributed by atoms with Gasteiger partial charge in [-0.25, -0.2) is 0 Å². The maximum Gasteiger partial charge on any atom is 0.283 e. The summed E-state index contributed by atoms with van der Waals surface area (Å²) in [6.45, 7) is 3.71. The van der Waals surface area contributed by atoms with Gasteiger partial charge in [-0.05, 0) is 36.0 Å². The molecule has 0 aliphatic rings. The van der Waals surface area contributed by atoms with E-state index < -0.39 is 11.8 Å². The molecule has 1 aromatic heterocycles. The van der Waals surface area contributed by atoms with Gasteiger partial charge in [-0.1, -0.05) is 36.5 Å². The van der Waals surface area contributed by atoms with Crippen molar-refractivity contribution in [2.24, 2.45) is 0 Å². The topological polar surface area (TPSA) is 93.2 Å². The molecule has 0 bridgehead atoms. The van der Waals surface area contributed by atoms with Crippen LogP contribution in [0.2, 0.25) is 0 Å². The minimum absolute atomic E-state index is 0.182. The van der Waals surface area contributed by atoms with E-state index in [1.165, 1.54) is 0 Å². The predicted molar refractivity (Wildman–Crippen MR) is 86.2 cm³/mol. The van der Waals surface area contributed by atoms with E-state index in [0.29, 0.717) is 22.7 Å². The molecule has 0 spiro atoms. The van der Waals surface area contributed by atoms with Crippen molar-refractivity contribution in [1.29, 1.82) is 0 Å². The lowest BCUT2D eigenvalue weighted by Gasteiger charge is -2.10. The van der Waals surface area contributed by atoms with E-state index in [1.807, 2.05) is 32.0 Å². The lowest BCUT2D eigenvalue weighted by Crippen LogP contribution is -2.43. The summed E-state index contributed by atoms with van der Waals surface area (Å²) in [5.74, 6) is -0.213. The van der Waals surface area contributed by atoms with Gasteiger partial charge >= 0.3 is 0 Å². The SMILES string of the molecule is CCc1ccccc1OCC(=O)NNC(=O)c1snnc1CC. The van der Waals surface area contributed by atoms with Gasteiger partial charge in [0.2, 0.25) is 0 Å². The summed E-state index contributed by atoms with van der Waals surface area (Å²) >= 11 is 0.993. The van der Waals surface area contributed by atoms with Gasteiger partial charge in [-0.15, -0.1) is 5.10 Å². The highest BCUT2D eigenvalue weighted by atomic mass is 32.1. The summed E-state index contributed by atoms with van der Waals surface area (Å²) in [6, 6.07) is 7.51. The summed E-state index contributed by atoms with van der Waals surface area (Å²) < 4.78 is 9.20. The number of aryl methyl sites for hydroxylation is 2. The molecule has 1 aromatic carbocycles. The molecule has 2 amide bonds. The Bertz CT molecular complexity index is 687. The predicted octanol–water partition coefficient (Wildman–Crippen LogP) is 1.50. The maximum absolute atomic E-state index is 11.9. The zero-order chi connectivity index (χ0) is 16.7. The second-order valence-electron chi connectivity index (χ2n) is 4.65. The number of ether oxygens (including phenoxy) is 1. The molecular weight excluding hydrogens is 316 g/mol. The number of carbonyl (C=O) groups excluding carboxylic acids is 2. The van der Waals surface area contributed by atoms with Crippen LogP contribution in [0.3, 0.4) is 0 Å². The van der Waals surface area contributed by atoms with Crippen molar-refractivity contribution in [2.45, 2.75) is 26.7 Å². The molecular formula is C15H18N4O3S. The van der Waals surface area contributed by atoms with Crippen LogP contribution in [0, 0.1) is 0 Å². The van der Waals surface area contributed by atoms with Crippen LogP contribution >= 0.6 is 11.5 Å². The van der Waals surface area contributed by atoms with Crippen molar-refractivity contribution >= 4 is 23.3 Å². The number of aromatic nitrogens is 2. The van der Waals surface area contributed by atoms with Gasteiger partial charge in [0.15, 0.2) is 6.61 Å². The van der Waals surface area contributed by atoms with Crippen LogP contribution in [0.4, 0.5) is 0 Å². The molecule has 2 aromatic rings. The fourth-order valence-corrected chi connectivity index (χ4v) is 2.56. The van der Waals surface area contributed by atoms with Gasteiger partial charge in [0.05, 0.1) is 5.69 Å². The first-order valence-corrected chi connectivity index (χ1v) is 8.04. The van der Waals surface area contributed by atoms with E-state index in [1.54, 1.807) is 6.07 Å². The minimum Gasteiger partial charge on any atom is -0.483 e. The number of hydrogen-bond donors (Lipinski definition) is 2. The van der Waals surface area contributed by atoms with E-state index in [2.05, 4.69) is 20.4 Å². The Kier molecular flexibility index (Phi) is 6.04. The summed E-state index contributed by atoms with van der Waals surface area (Å²) in [6.07, 6.45) is 1.41. The molecule has 0 fully saturated rings.